The van der Waals surface area contributed by atoms with E-state index in [4.69, 9.17) is 0 Å². The van der Waals surface area contributed by atoms with Gasteiger partial charge in [0.25, 0.3) is 0 Å². The molecule has 2 N–H and O–H groups in total. The Morgan fingerprint density at radius 3 is 2.88 bits per heavy atom. The van der Waals surface area contributed by atoms with Crippen LogP contribution >= 0.6 is 0 Å². The smallest absolute Gasteiger partial charge is 0.0585 e. The van der Waals surface area contributed by atoms with E-state index < -0.39 is 0 Å². The lowest BCUT2D eigenvalue weighted by Crippen LogP contribution is -2.39. The fraction of sp³-hybridized carbons (Fsp3) is 1.00. The van der Waals surface area contributed by atoms with Crippen LogP contribution in [0.3, 0.4) is 0 Å². The lowest BCUT2D eigenvalue weighted by atomic mass is 10.1. The molecule has 16 heavy (non-hydrogen) atoms. The minimum atomic E-state index is 0.260. The van der Waals surface area contributed by atoms with Gasteiger partial charge in [0.05, 0.1) is 6.61 Å². The SMILES string of the molecule is CCNC(CO)CCN1CCCCCC1C. The molecule has 0 aromatic rings. The number of likely N-dealkylation sites (N-methyl/N-ethyl adjacent to an activating group) is 1. The predicted octanol–water partition coefficient (Wildman–Crippen LogP) is 1.61. The number of hydrogen-bond acceptors (Lipinski definition) is 3. The summed E-state index contributed by atoms with van der Waals surface area (Å²) in [7, 11) is 0. The van der Waals surface area contributed by atoms with Crippen molar-refractivity contribution in [1.82, 2.24) is 10.2 Å². The van der Waals surface area contributed by atoms with Crippen LogP contribution in [0.2, 0.25) is 0 Å². The molecular formula is C13H28N2O. The van der Waals surface area contributed by atoms with E-state index >= 15 is 0 Å². The number of aliphatic hydroxyl groups excluding tert-OH is 1. The highest BCUT2D eigenvalue weighted by atomic mass is 16.3. The summed E-state index contributed by atoms with van der Waals surface area (Å²) >= 11 is 0. The highest BCUT2D eigenvalue weighted by molar-refractivity contribution is 4.74. The second kappa shape index (κ2) is 8.04. The van der Waals surface area contributed by atoms with Crippen molar-refractivity contribution in [1.29, 1.82) is 0 Å². The minimum Gasteiger partial charge on any atom is -0.395 e. The molecule has 0 bridgehead atoms. The molecule has 1 aliphatic rings. The van der Waals surface area contributed by atoms with Crippen LogP contribution in [0.25, 0.3) is 0 Å². The van der Waals surface area contributed by atoms with Crippen LogP contribution in [0.15, 0.2) is 0 Å². The van der Waals surface area contributed by atoms with Gasteiger partial charge in [0.1, 0.15) is 0 Å². The molecule has 3 heteroatoms. The van der Waals surface area contributed by atoms with Gasteiger partial charge in [0.15, 0.2) is 0 Å². The molecule has 0 aromatic heterocycles. The van der Waals surface area contributed by atoms with Gasteiger partial charge in [-0.1, -0.05) is 19.8 Å². The van der Waals surface area contributed by atoms with Crippen molar-refractivity contribution >= 4 is 0 Å². The van der Waals surface area contributed by atoms with Crippen LogP contribution < -0.4 is 5.32 Å². The first-order chi connectivity index (χ1) is 7.77. The molecule has 1 saturated heterocycles. The fourth-order valence-electron chi connectivity index (χ4n) is 2.53. The number of likely N-dealkylation sites (tertiary alicyclic amines) is 1. The Balaban J connectivity index is 2.27. The van der Waals surface area contributed by atoms with Crippen molar-refractivity contribution in [2.24, 2.45) is 0 Å². The van der Waals surface area contributed by atoms with Gasteiger partial charge in [-0.3, -0.25) is 0 Å². The number of nitrogens with one attached hydrogen (secondary N) is 1. The first-order valence-electron chi connectivity index (χ1n) is 6.86. The summed E-state index contributed by atoms with van der Waals surface area (Å²) in [5.74, 6) is 0. The molecule has 3 nitrogen and oxygen atoms in total. The molecule has 1 rings (SSSR count). The molecule has 2 unspecified atom stereocenters. The molecule has 0 aliphatic carbocycles. The van der Waals surface area contributed by atoms with E-state index in [-0.39, 0.29) is 12.6 Å². The average Bonchev–Trinajstić information content (AvgIpc) is 2.49. The Bertz CT molecular complexity index is 175. The van der Waals surface area contributed by atoms with Gasteiger partial charge >= 0.3 is 0 Å². The van der Waals surface area contributed by atoms with Gasteiger partial charge in [-0.2, -0.15) is 0 Å². The average molecular weight is 228 g/mol. The molecule has 1 heterocycles. The van der Waals surface area contributed by atoms with Gasteiger partial charge in [0, 0.05) is 12.1 Å². The molecule has 96 valence electrons. The van der Waals surface area contributed by atoms with Crippen LogP contribution in [0, 0.1) is 0 Å². The van der Waals surface area contributed by atoms with Crippen LogP contribution in [-0.2, 0) is 0 Å². The van der Waals surface area contributed by atoms with Gasteiger partial charge < -0.3 is 15.3 Å². The quantitative estimate of drug-likeness (QED) is 0.725. The summed E-state index contributed by atoms with van der Waals surface area (Å²) in [6, 6.07) is 1.00. The zero-order valence-corrected chi connectivity index (χ0v) is 10.9. The van der Waals surface area contributed by atoms with Crippen molar-refractivity contribution in [2.45, 2.75) is 58.0 Å². The lowest BCUT2D eigenvalue weighted by Gasteiger charge is -2.28. The molecular weight excluding hydrogens is 200 g/mol. The topological polar surface area (TPSA) is 35.5 Å². The van der Waals surface area contributed by atoms with E-state index in [1.807, 2.05) is 0 Å². The molecule has 0 amide bonds. The summed E-state index contributed by atoms with van der Waals surface area (Å²) in [6.45, 7) is 8.01. The zero-order chi connectivity index (χ0) is 11.8. The minimum absolute atomic E-state index is 0.260. The van der Waals surface area contributed by atoms with Crippen molar-refractivity contribution in [3.05, 3.63) is 0 Å². The second-order valence-corrected chi connectivity index (χ2v) is 4.96. The van der Waals surface area contributed by atoms with Gasteiger partial charge in [-0.25, -0.2) is 0 Å². The monoisotopic (exact) mass is 228 g/mol. The Kier molecular flexibility index (Phi) is 7.01. The molecule has 1 fully saturated rings. The van der Waals surface area contributed by atoms with Crippen molar-refractivity contribution < 1.29 is 5.11 Å². The van der Waals surface area contributed by atoms with E-state index in [0.29, 0.717) is 0 Å². The third-order valence-electron chi connectivity index (χ3n) is 3.67. The van der Waals surface area contributed by atoms with Crippen molar-refractivity contribution in [3.63, 3.8) is 0 Å². The van der Waals surface area contributed by atoms with Crippen LogP contribution in [-0.4, -0.2) is 48.3 Å². The van der Waals surface area contributed by atoms with Gasteiger partial charge in [-0.05, 0) is 45.8 Å². The molecule has 1 aliphatic heterocycles. The van der Waals surface area contributed by atoms with Gasteiger partial charge in [-0.15, -0.1) is 0 Å². The summed E-state index contributed by atoms with van der Waals surface area (Å²) in [5.41, 5.74) is 0. The molecule has 0 radical (unpaired) electrons. The van der Waals surface area contributed by atoms with Crippen LogP contribution in [0.5, 0.6) is 0 Å². The van der Waals surface area contributed by atoms with Crippen LogP contribution in [0.4, 0.5) is 0 Å². The lowest BCUT2D eigenvalue weighted by molar-refractivity contribution is 0.179. The zero-order valence-electron chi connectivity index (χ0n) is 10.9. The van der Waals surface area contributed by atoms with E-state index in [2.05, 4.69) is 24.1 Å². The highest BCUT2D eigenvalue weighted by Crippen LogP contribution is 2.16. The van der Waals surface area contributed by atoms with Crippen molar-refractivity contribution in [3.8, 4) is 0 Å². The maximum atomic E-state index is 9.23. The third-order valence-corrected chi connectivity index (χ3v) is 3.67. The van der Waals surface area contributed by atoms with Crippen LogP contribution in [0.1, 0.15) is 46.0 Å². The maximum Gasteiger partial charge on any atom is 0.0585 e. The molecule has 2 atom stereocenters. The standard InChI is InChI=1S/C13H28N2O/c1-3-14-13(11-16)8-10-15-9-6-4-5-7-12(15)2/h12-14,16H,3-11H2,1-2H3. The first-order valence-corrected chi connectivity index (χ1v) is 6.86. The summed E-state index contributed by atoms with van der Waals surface area (Å²) in [5, 5.41) is 12.6. The third kappa shape index (κ3) is 4.81. The Labute approximate surface area is 100 Å². The maximum absolute atomic E-state index is 9.23. The number of rotatable bonds is 6. The molecule has 0 spiro atoms. The summed E-state index contributed by atoms with van der Waals surface area (Å²) in [4.78, 5) is 2.59. The van der Waals surface area contributed by atoms with E-state index in [1.165, 1.54) is 32.2 Å². The second-order valence-electron chi connectivity index (χ2n) is 4.96. The highest BCUT2D eigenvalue weighted by Gasteiger charge is 2.17. The molecule has 0 saturated carbocycles. The number of nitrogens with zero attached hydrogens (tertiary/aromatic N) is 1. The summed E-state index contributed by atoms with van der Waals surface area (Å²) < 4.78 is 0. The Hall–Kier alpha value is -0.120. The summed E-state index contributed by atoms with van der Waals surface area (Å²) in [6.07, 6.45) is 6.51. The van der Waals surface area contributed by atoms with Gasteiger partial charge in [0.2, 0.25) is 0 Å². The largest absolute Gasteiger partial charge is 0.395 e. The predicted molar refractivity (Wildman–Crippen MR) is 68.7 cm³/mol. The number of hydrogen-bond donors (Lipinski definition) is 2. The van der Waals surface area contributed by atoms with E-state index in [9.17, 15) is 5.11 Å². The van der Waals surface area contributed by atoms with E-state index in [1.54, 1.807) is 0 Å². The van der Waals surface area contributed by atoms with Crippen molar-refractivity contribution in [2.75, 3.05) is 26.2 Å². The normalized spacial score (nSPS) is 25.3. The first kappa shape index (κ1) is 13.9. The number of aliphatic hydroxyl groups is 1. The fourth-order valence-corrected chi connectivity index (χ4v) is 2.53. The Morgan fingerprint density at radius 2 is 2.19 bits per heavy atom. The molecule has 0 aromatic carbocycles. The van der Waals surface area contributed by atoms with E-state index in [0.717, 1.165) is 25.6 Å². The Morgan fingerprint density at radius 1 is 1.38 bits per heavy atom.